The molecule has 1 aromatic carbocycles. The third-order valence-corrected chi connectivity index (χ3v) is 5.74. The fourth-order valence-electron chi connectivity index (χ4n) is 2.91. The van der Waals surface area contributed by atoms with E-state index in [0.717, 1.165) is 11.2 Å². The number of hydrogen-bond acceptors (Lipinski definition) is 5. The summed E-state index contributed by atoms with van der Waals surface area (Å²) >= 11 is 0. The molecule has 3 rings (SSSR count). The highest BCUT2D eigenvalue weighted by atomic mass is 32.2. The van der Waals surface area contributed by atoms with E-state index in [9.17, 15) is 13.2 Å². The van der Waals surface area contributed by atoms with Gasteiger partial charge in [0.1, 0.15) is 11.3 Å². The van der Waals surface area contributed by atoms with Crippen molar-refractivity contribution in [3.8, 4) is 0 Å². The van der Waals surface area contributed by atoms with Gasteiger partial charge in [-0.1, -0.05) is 20.8 Å². The van der Waals surface area contributed by atoms with Crippen LogP contribution in [0, 0.1) is 5.92 Å². The molecule has 0 bridgehead atoms. The quantitative estimate of drug-likeness (QED) is 0.588. The number of aromatic nitrogens is 3. The summed E-state index contributed by atoms with van der Waals surface area (Å²) in [6.45, 7) is 6.67. The Bertz CT molecular complexity index is 1100. The van der Waals surface area contributed by atoms with Gasteiger partial charge in [0.15, 0.2) is 5.65 Å². The zero-order chi connectivity index (χ0) is 21.0. The largest absolute Gasteiger partial charge is 0.326 e. The maximum Gasteiger partial charge on any atom is 0.240 e. The highest BCUT2D eigenvalue weighted by Gasteiger charge is 2.18. The Balaban J connectivity index is 1.79. The number of benzene rings is 1. The molecule has 0 fully saturated rings. The second-order valence-corrected chi connectivity index (χ2v) is 8.90. The van der Waals surface area contributed by atoms with Crippen molar-refractivity contribution < 1.29 is 13.2 Å². The van der Waals surface area contributed by atoms with Crippen LogP contribution in [0.5, 0.6) is 0 Å². The maximum absolute atomic E-state index is 12.7. The second kappa shape index (κ2) is 8.71. The Morgan fingerprint density at radius 3 is 2.55 bits per heavy atom. The lowest BCUT2D eigenvalue weighted by Crippen LogP contribution is -2.25. The summed E-state index contributed by atoms with van der Waals surface area (Å²) in [5.41, 5.74) is 2.03. The van der Waals surface area contributed by atoms with Crippen LogP contribution in [0.2, 0.25) is 0 Å². The molecule has 0 saturated heterocycles. The third-order valence-electron chi connectivity index (χ3n) is 4.32. The van der Waals surface area contributed by atoms with Crippen molar-refractivity contribution >= 4 is 32.8 Å². The van der Waals surface area contributed by atoms with Crippen molar-refractivity contribution in [1.29, 1.82) is 0 Å². The van der Waals surface area contributed by atoms with Crippen LogP contribution in [0.4, 0.5) is 5.69 Å². The summed E-state index contributed by atoms with van der Waals surface area (Å²) in [6.07, 6.45) is 2.06. The van der Waals surface area contributed by atoms with E-state index < -0.39 is 10.0 Å². The summed E-state index contributed by atoms with van der Waals surface area (Å²) < 4.78 is 29.9. The van der Waals surface area contributed by atoms with E-state index in [-0.39, 0.29) is 17.3 Å². The average Bonchev–Trinajstić information content (AvgIpc) is 3.04. The molecule has 2 heterocycles. The average molecular weight is 416 g/mol. The van der Waals surface area contributed by atoms with E-state index in [2.05, 4.69) is 33.9 Å². The molecule has 8 nitrogen and oxygen atoms in total. The van der Waals surface area contributed by atoms with E-state index >= 15 is 0 Å². The summed E-state index contributed by atoms with van der Waals surface area (Å²) in [5.74, 6) is 0.842. The predicted octanol–water partition coefficient (Wildman–Crippen LogP) is 2.91. The molecule has 0 unspecified atom stereocenters. The van der Waals surface area contributed by atoms with Gasteiger partial charge in [-0.15, -0.1) is 0 Å². The third kappa shape index (κ3) is 4.99. The van der Waals surface area contributed by atoms with Gasteiger partial charge in [0.2, 0.25) is 15.9 Å². The van der Waals surface area contributed by atoms with Crippen molar-refractivity contribution in [2.24, 2.45) is 5.92 Å². The molecular weight excluding hydrogens is 390 g/mol. The van der Waals surface area contributed by atoms with E-state index in [0.29, 0.717) is 30.4 Å². The summed E-state index contributed by atoms with van der Waals surface area (Å²) in [4.78, 5) is 20.5. The van der Waals surface area contributed by atoms with Gasteiger partial charge in [-0.05, 0) is 42.3 Å². The van der Waals surface area contributed by atoms with Crippen LogP contribution in [0.3, 0.4) is 0 Å². The standard InChI is InChI=1S/C20H25N5O3S/c1-4-19(26)23-15-7-9-16(10-8-15)29(27,28)22-12-18-24-17-6-5-11-21-20(17)25(18)13-14(2)3/h5-11,14,22H,4,12-13H2,1-3H3,(H,23,26). The predicted molar refractivity (Wildman–Crippen MR) is 112 cm³/mol. The fraction of sp³-hybridized carbons (Fsp3) is 0.350. The Morgan fingerprint density at radius 2 is 1.90 bits per heavy atom. The van der Waals surface area contributed by atoms with E-state index in [1.165, 1.54) is 12.1 Å². The highest BCUT2D eigenvalue weighted by molar-refractivity contribution is 7.89. The van der Waals surface area contributed by atoms with E-state index in [1.54, 1.807) is 25.3 Å². The number of hydrogen-bond donors (Lipinski definition) is 2. The molecule has 0 saturated carbocycles. The van der Waals surface area contributed by atoms with Gasteiger partial charge in [0.05, 0.1) is 11.4 Å². The van der Waals surface area contributed by atoms with E-state index in [4.69, 9.17) is 0 Å². The van der Waals surface area contributed by atoms with Crippen molar-refractivity contribution in [1.82, 2.24) is 19.3 Å². The monoisotopic (exact) mass is 415 g/mol. The van der Waals surface area contributed by atoms with Gasteiger partial charge in [-0.2, -0.15) is 0 Å². The van der Waals surface area contributed by atoms with Crippen LogP contribution in [0.25, 0.3) is 11.2 Å². The van der Waals surface area contributed by atoms with Gasteiger partial charge < -0.3 is 9.88 Å². The van der Waals surface area contributed by atoms with Gasteiger partial charge in [0, 0.05) is 24.8 Å². The first kappa shape index (κ1) is 20.9. The van der Waals surface area contributed by atoms with Crippen LogP contribution >= 0.6 is 0 Å². The molecule has 0 spiro atoms. The molecular formula is C20H25N5O3S. The normalized spacial score (nSPS) is 11.9. The lowest BCUT2D eigenvalue weighted by atomic mass is 10.2. The van der Waals surface area contributed by atoms with Gasteiger partial charge in [0.25, 0.3) is 0 Å². The first-order valence-corrected chi connectivity index (χ1v) is 11.0. The Labute approximate surface area is 170 Å². The number of nitrogens with one attached hydrogen (secondary N) is 2. The zero-order valence-corrected chi connectivity index (χ0v) is 17.5. The highest BCUT2D eigenvalue weighted by Crippen LogP contribution is 2.18. The summed E-state index contributed by atoms with van der Waals surface area (Å²) in [7, 11) is -3.73. The first-order chi connectivity index (χ1) is 13.8. The number of carbonyl (C=O) groups excluding carboxylic acids is 1. The minimum atomic E-state index is -3.73. The Kier molecular flexibility index (Phi) is 6.29. The molecule has 0 aliphatic rings. The minimum Gasteiger partial charge on any atom is -0.326 e. The summed E-state index contributed by atoms with van der Waals surface area (Å²) in [5, 5.41) is 2.69. The molecule has 0 atom stereocenters. The topological polar surface area (TPSA) is 106 Å². The molecule has 0 radical (unpaired) electrons. The molecule has 2 N–H and O–H groups in total. The second-order valence-electron chi connectivity index (χ2n) is 7.13. The van der Waals surface area contributed by atoms with Gasteiger partial charge in [-0.3, -0.25) is 4.79 Å². The Hall–Kier alpha value is -2.78. The lowest BCUT2D eigenvalue weighted by Gasteiger charge is -2.12. The number of rotatable bonds is 8. The Morgan fingerprint density at radius 1 is 1.17 bits per heavy atom. The van der Waals surface area contributed by atoms with E-state index in [1.807, 2.05) is 16.7 Å². The molecule has 29 heavy (non-hydrogen) atoms. The molecule has 2 aromatic heterocycles. The molecule has 3 aromatic rings. The number of amides is 1. The number of imidazole rings is 1. The minimum absolute atomic E-state index is 0.0553. The molecule has 0 aliphatic carbocycles. The van der Waals surface area contributed by atoms with Crippen molar-refractivity contribution in [3.63, 3.8) is 0 Å². The zero-order valence-electron chi connectivity index (χ0n) is 16.7. The molecule has 9 heteroatoms. The van der Waals surface area contributed by atoms with Crippen LogP contribution in [0.15, 0.2) is 47.5 Å². The number of sulfonamides is 1. The number of pyridine rings is 1. The van der Waals surface area contributed by atoms with Crippen molar-refractivity contribution in [2.75, 3.05) is 5.32 Å². The van der Waals surface area contributed by atoms with Crippen LogP contribution < -0.4 is 10.0 Å². The lowest BCUT2D eigenvalue weighted by molar-refractivity contribution is -0.115. The summed E-state index contributed by atoms with van der Waals surface area (Å²) in [6, 6.07) is 9.74. The maximum atomic E-state index is 12.7. The number of anilines is 1. The van der Waals surface area contributed by atoms with Crippen molar-refractivity contribution in [3.05, 3.63) is 48.4 Å². The van der Waals surface area contributed by atoms with Gasteiger partial charge in [-0.25, -0.2) is 23.1 Å². The van der Waals surface area contributed by atoms with Crippen molar-refractivity contribution in [2.45, 2.75) is 45.2 Å². The van der Waals surface area contributed by atoms with Gasteiger partial charge >= 0.3 is 0 Å². The first-order valence-electron chi connectivity index (χ1n) is 9.50. The SMILES string of the molecule is CCC(=O)Nc1ccc(S(=O)(=O)NCc2nc3cccnc3n2CC(C)C)cc1. The van der Waals surface area contributed by atoms with Crippen LogP contribution in [-0.4, -0.2) is 28.9 Å². The number of fused-ring (bicyclic) bond motifs is 1. The number of carbonyl (C=O) groups is 1. The van der Waals surface area contributed by atoms with Crippen LogP contribution in [-0.2, 0) is 27.9 Å². The number of nitrogens with zero attached hydrogens (tertiary/aromatic N) is 3. The smallest absolute Gasteiger partial charge is 0.240 e. The van der Waals surface area contributed by atoms with Crippen LogP contribution in [0.1, 0.15) is 33.0 Å². The molecule has 1 amide bonds. The molecule has 0 aliphatic heterocycles. The molecule has 154 valence electrons. The fourth-order valence-corrected chi connectivity index (χ4v) is 3.89.